The van der Waals surface area contributed by atoms with E-state index in [0.717, 1.165) is 0 Å². The second-order valence-electron chi connectivity index (χ2n) is 8.71. The zero-order valence-electron chi connectivity index (χ0n) is 15.9. The number of aromatic nitrogens is 1. The van der Waals surface area contributed by atoms with Gasteiger partial charge in [0.1, 0.15) is 22.9 Å². The molecule has 5 aliphatic rings. The lowest BCUT2D eigenvalue weighted by Gasteiger charge is -2.51. The molecule has 8 atom stereocenters. The van der Waals surface area contributed by atoms with Crippen LogP contribution in [0.4, 0.5) is 0 Å². The molecule has 14 heteroatoms. The molecule has 1 unspecified atom stereocenters. The standard InChI is InChI=1S/C17H20Br2ClN9O2/c18-6-5-7(24-11(6)19)12(30)29-2-4-3(1-21)9(20)16(13(31)26-15(23)27-16)8(4)17(29)10(5)25-14(22)28-17/h3-4,8-10,13,24,31H,1-2,21H2,(H3,22,25,28)(H3,23,26,27)/t3-,4+,8+,9+,10+,13+,16+,17?/m1/s1. The van der Waals surface area contributed by atoms with Crippen LogP contribution in [-0.2, 0) is 0 Å². The summed E-state index contributed by atoms with van der Waals surface area (Å²) in [6, 6.07) is -0.541. The summed E-state index contributed by atoms with van der Waals surface area (Å²) in [7, 11) is 0. The first-order valence-electron chi connectivity index (χ1n) is 9.82. The van der Waals surface area contributed by atoms with Gasteiger partial charge in [-0.2, -0.15) is 0 Å². The molecule has 1 saturated heterocycles. The van der Waals surface area contributed by atoms with E-state index in [1.807, 2.05) is 0 Å². The minimum atomic E-state index is -1.21. The maximum atomic E-state index is 13.7. The highest BCUT2D eigenvalue weighted by Gasteiger charge is 2.79. The Kier molecular flexibility index (Phi) is 3.93. The van der Waals surface area contributed by atoms with Crippen molar-refractivity contribution in [1.29, 1.82) is 0 Å². The Morgan fingerprint density at radius 1 is 1.26 bits per heavy atom. The number of fused-ring (bicyclic) bond motifs is 4. The van der Waals surface area contributed by atoms with E-state index in [-0.39, 0.29) is 36.2 Å². The van der Waals surface area contributed by atoms with Gasteiger partial charge in [-0.1, -0.05) is 0 Å². The third kappa shape index (κ3) is 2.06. The first kappa shape index (κ1) is 20.1. The molecule has 0 bridgehead atoms. The van der Waals surface area contributed by atoms with Crippen LogP contribution >= 0.6 is 43.5 Å². The first-order valence-corrected chi connectivity index (χ1v) is 11.8. The molecule has 1 aromatic heterocycles. The molecule has 2 spiro atoms. The summed E-state index contributed by atoms with van der Waals surface area (Å²) in [5.41, 5.74) is 17.3. The van der Waals surface area contributed by atoms with Gasteiger partial charge in [-0.25, -0.2) is 9.98 Å². The predicted molar refractivity (Wildman–Crippen MR) is 120 cm³/mol. The van der Waals surface area contributed by atoms with Crippen molar-refractivity contribution < 1.29 is 9.90 Å². The maximum Gasteiger partial charge on any atom is 0.272 e. The van der Waals surface area contributed by atoms with Gasteiger partial charge < -0.3 is 42.8 Å². The number of carbonyl (C=O) groups is 1. The molecule has 5 heterocycles. The van der Waals surface area contributed by atoms with Gasteiger partial charge in [-0.15, -0.1) is 11.6 Å². The van der Waals surface area contributed by atoms with Crippen molar-refractivity contribution in [2.24, 2.45) is 44.9 Å². The Balaban J connectivity index is 1.62. The van der Waals surface area contributed by atoms with Crippen molar-refractivity contribution in [2.75, 3.05) is 13.1 Å². The van der Waals surface area contributed by atoms with Gasteiger partial charge in [0.15, 0.2) is 18.1 Å². The molecular formula is C17H20Br2ClN9O2. The van der Waals surface area contributed by atoms with Crippen LogP contribution in [0.25, 0.3) is 0 Å². The molecule has 4 aliphatic heterocycles. The summed E-state index contributed by atoms with van der Waals surface area (Å²) in [4.78, 5) is 27.4. The second-order valence-corrected chi connectivity index (χ2v) is 10.8. The number of aliphatic hydroxyl groups excluding tert-OH is 1. The molecule has 1 aliphatic carbocycles. The maximum absolute atomic E-state index is 13.7. The number of nitrogens with zero attached hydrogens (tertiary/aromatic N) is 3. The SMILES string of the molecule is NC[C@@H]1[C@@H]2CN3C(=O)c4[nH]c(Br)c(Br)c4[C@@H]4N=C(N)NC43[C@@H]2[C@]2(NC(N)=N[C@H]2O)[C@H]1Cl. The summed E-state index contributed by atoms with van der Waals surface area (Å²) in [6.45, 7) is 0.662. The number of rotatable bonds is 1. The Bertz CT molecular complexity index is 1090. The minimum absolute atomic E-state index is 0.0984. The summed E-state index contributed by atoms with van der Waals surface area (Å²) in [5.74, 6) is -0.644. The number of aromatic amines is 1. The zero-order chi connectivity index (χ0) is 22.0. The molecule has 31 heavy (non-hydrogen) atoms. The van der Waals surface area contributed by atoms with E-state index in [1.54, 1.807) is 4.90 Å². The first-order chi connectivity index (χ1) is 14.7. The van der Waals surface area contributed by atoms with E-state index in [2.05, 4.69) is 52.5 Å². The number of nitrogens with two attached hydrogens (primary N) is 3. The summed E-state index contributed by atoms with van der Waals surface area (Å²) >= 11 is 14.0. The highest BCUT2D eigenvalue weighted by Crippen LogP contribution is 2.65. The van der Waals surface area contributed by atoms with E-state index in [0.29, 0.717) is 26.9 Å². The topological polar surface area (TPSA) is 183 Å². The second kappa shape index (κ2) is 6.07. The monoisotopic (exact) mass is 575 g/mol. The molecule has 1 aromatic rings. The molecule has 1 saturated carbocycles. The smallest absolute Gasteiger partial charge is 0.272 e. The highest BCUT2D eigenvalue weighted by molar-refractivity contribution is 9.13. The Labute approximate surface area is 198 Å². The van der Waals surface area contributed by atoms with Crippen molar-refractivity contribution in [2.45, 2.75) is 28.8 Å². The number of nitrogens with one attached hydrogen (secondary N) is 3. The van der Waals surface area contributed by atoms with Crippen molar-refractivity contribution in [1.82, 2.24) is 20.5 Å². The molecule has 6 rings (SSSR count). The number of carbonyl (C=O) groups excluding carboxylic acids is 1. The summed E-state index contributed by atoms with van der Waals surface area (Å²) < 4.78 is 1.34. The number of alkyl halides is 1. The van der Waals surface area contributed by atoms with E-state index in [4.69, 9.17) is 33.8 Å². The lowest BCUT2D eigenvalue weighted by atomic mass is 9.70. The fourth-order valence-electron chi connectivity index (χ4n) is 6.67. The number of halogens is 3. The van der Waals surface area contributed by atoms with E-state index >= 15 is 0 Å². The number of aliphatic imine (C=N–C) groups is 2. The molecule has 11 nitrogen and oxygen atoms in total. The number of amides is 1. The molecule has 0 aromatic carbocycles. The van der Waals surface area contributed by atoms with Crippen LogP contribution in [0.15, 0.2) is 19.1 Å². The van der Waals surface area contributed by atoms with Crippen LogP contribution in [0, 0.1) is 17.8 Å². The molecule has 1 amide bonds. The Hall–Kier alpha value is -1.54. The minimum Gasteiger partial charge on any atom is -0.370 e. The van der Waals surface area contributed by atoms with Crippen LogP contribution < -0.4 is 27.8 Å². The van der Waals surface area contributed by atoms with Gasteiger partial charge in [-0.05, 0) is 50.2 Å². The average molecular weight is 578 g/mol. The molecule has 10 N–H and O–H groups in total. The van der Waals surface area contributed by atoms with Gasteiger partial charge >= 0.3 is 0 Å². The van der Waals surface area contributed by atoms with Crippen LogP contribution in [0.5, 0.6) is 0 Å². The zero-order valence-corrected chi connectivity index (χ0v) is 19.9. The van der Waals surface area contributed by atoms with E-state index in [9.17, 15) is 9.90 Å². The molecule has 0 radical (unpaired) electrons. The predicted octanol–water partition coefficient (Wildman–Crippen LogP) is -0.932. The Morgan fingerprint density at radius 2 is 1.97 bits per heavy atom. The van der Waals surface area contributed by atoms with Gasteiger partial charge in [0.05, 0.1) is 14.5 Å². The van der Waals surface area contributed by atoms with Gasteiger partial charge in [0.2, 0.25) is 0 Å². The third-order valence-corrected chi connectivity index (χ3v) is 10.3. The number of aliphatic hydroxyl groups is 1. The van der Waals surface area contributed by atoms with Gasteiger partial charge in [0.25, 0.3) is 5.91 Å². The van der Waals surface area contributed by atoms with Crippen molar-refractivity contribution in [3.05, 3.63) is 20.3 Å². The van der Waals surface area contributed by atoms with Gasteiger partial charge in [0, 0.05) is 18.0 Å². The average Bonchev–Trinajstić information content (AvgIpc) is 3.43. The number of hydrogen-bond acceptors (Lipinski definition) is 9. The normalized spacial score (nSPS) is 44.4. The van der Waals surface area contributed by atoms with Crippen LogP contribution in [0.2, 0.25) is 0 Å². The molecular weight excluding hydrogens is 558 g/mol. The van der Waals surface area contributed by atoms with Crippen molar-refractivity contribution >= 4 is 61.3 Å². The van der Waals surface area contributed by atoms with Crippen LogP contribution in [0.1, 0.15) is 22.1 Å². The number of hydrogen-bond donors (Lipinski definition) is 7. The van der Waals surface area contributed by atoms with Crippen molar-refractivity contribution in [3.8, 4) is 0 Å². The van der Waals surface area contributed by atoms with Crippen molar-refractivity contribution in [3.63, 3.8) is 0 Å². The molecule has 2 fully saturated rings. The highest BCUT2D eigenvalue weighted by atomic mass is 79.9. The lowest BCUT2D eigenvalue weighted by Crippen LogP contribution is -2.73. The Morgan fingerprint density at radius 3 is 2.61 bits per heavy atom. The van der Waals surface area contributed by atoms with Gasteiger partial charge in [-0.3, -0.25) is 4.79 Å². The number of H-pyrrole nitrogens is 1. The largest absolute Gasteiger partial charge is 0.370 e. The molecule has 166 valence electrons. The van der Waals surface area contributed by atoms with Crippen LogP contribution in [-0.4, -0.2) is 68.7 Å². The fraction of sp³-hybridized carbons (Fsp3) is 0.588. The number of guanidine groups is 2. The van der Waals surface area contributed by atoms with Crippen LogP contribution in [0.3, 0.4) is 0 Å². The fourth-order valence-corrected chi connectivity index (χ4v) is 8.19. The summed E-state index contributed by atoms with van der Waals surface area (Å²) in [5, 5.41) is 17.0. The lowest BCUT2D eigenvalue weighted by molar-refractivity contribution is -0.0124. The van der Waals surface area contributed by atoms with E-state index in [1.165, 1.54) is 0 Å². The van der Waals surface area contributed by atoms with E-state index < -0.39 is 34.8 Å². The summed E-state index contributed by atoms with van der Waals surface area (Å²) in [6.07, 6.45) is -1.21. The quantitative estimate of drug-likeness (QED) is 0.210. The third-order valence-electron chi connectivity index (χ3n) is 7.62.